The maximum Gasteiger partial charge on any atom is 0.127 e. The van der Waals surface area contributed by atoms with Crippen LogP contribution < -0.4 is 5.32 Å². The molecule has 0 radical (unpaired) electrons. The van der Waals surface area contributed by atoms with E-state index in [4.69, 9.17) is 0 Å². The van der Waals surface area contributed by atoms with Crippen LogP contribution in [-0.4, -0.2) is 13.1 Å². The number of halogens is 2. The third-order valence-corrected chi connectivity index (χ3v) is 3.70. The van der Waals surface area contributed by atoms with Crippen molar-refractivity contribution in [3.8, 4) is 0 Å². The Kier molecular flexibility index (Phi) is 2.73. The predicted octanol–water partition coefficient (Wildman–Crippen LogP) is 2.50. The van der Waals surface area contributed by atoms with Gasteiger partial charge in [0.1, 0.15) is 5.82 Å². The summed E-state index contributed by atoms with van der Waals surface area (Å²) in [5.74, 6) is 0.748. The predicted molar refractivity (Wildman–Crippen MR) is 60.9 cm³/mol. The second-order valence-electron chi connectivity index (χ2n) is 4.67. The highest BCUT2D eigenvalue weighted by molar-refractivity contribution is 5.85. The first-order chi connectivity index (χ1) is 6.80. The van der Waals surface area contributed by atoms with Crippen molar-refractivity contribution < 1.29 is 4.39 Å². The third-order valence-electron chi connectivity index (χ3n) is 3.70. The van der Waals surface area contributed by atoms with Crippen LogP contribution in [-0.2, 0) is 5.41 Å². The molecule has 1 aromatic rings. The molecule has 1 aromatic carbocycles. The lowest BCUT2D eigenvalue weighted by atomic mass is 9.56. The zero-order chi connectivity index (χ0) is 9.60. The van der Waals surface area contributed by atoms with E-state index in [1.54, 1.807) is 12.1 Å². The number of hydrogen-bond acceptors (Lipinski definition) is 1. The fourth-order valence-electron chi connectivity index (χ4n) is 3.06. The average Bonchev–Trinajstić information content (AvgIpc) is 2.18. The van der Waals surface area contributed by atoms with Gasteiger partial charge in [0.15, 0.2) is 0 Å². The van der Waals surface area contributed by atoms with Crippen molar-refractivity contribution in [1.82, 2.24) is 5.32 Å². The summed E-state index contributed by atoms with van der Waals surface area (Å²) in [6.07, 6.45) is 2.34. The number of hydrogen-bond donors (Lipinski definition) is 1. The lowest BCUT2D eigenvalue weighted by molar-refractivity contribution is 0.0867. The van der Waals surface area contributed by atoms with Gasteiger partial charge in [-0.1, -0.05) is 18.2 Å². The lowest BCUT2D eigenvalue weighted by Gasteiger charge is -2.53. The van der Waals surface area contributed by atoms with Gasteiger partial charge in [-0.05, 0) is 36.9 Å². The Morgan fingerprint density at radius 3 is 2.60 bits per heavy atom. The van der Waals surface area contributed by atoms with Crippen LogP contribution in [0.4, 0.5) is 4.39 Å². The molecule has 1 N–H and O–H groups in total. The van der Waals surface area contributed by atoms with Crippen molar-refractivity contribution in [2.75, 3.05) is 13.1 Å². The number of nitrogens with one attached hydrogen (secondary N) is 1. The van der Waals surface area contributed by atoms with Gasteiger partial charge in [-0.3, -0.25) is 0 Å². The molecule has 4 rings (SSSR count). The van der Waals surface area contributed by atoms with Gasteiger partial charge >= 0.3 is 0 Å². The monoisotopic (exact) mass is 227 g/mol. The second kappa shape index (κ2) is 3.76. The van der Waals surface area contributed by atoms with Crippen molar-refractivity contribution in [1.29, 1.82) is 0 Å². The van der Waals surface area contributed by atoms with Crippen LogP contribution in [0.25, 0.3) is 0 Å². The minimum atomic E-state index is -0.0327. The molecule has 1 saturated carbocycles. The molecule has 2 aliphatic heterocycles. The Hall–Kier alpha value is -0.600. The van der Waals surface area contributed by atoms with Crippen molar-refractivity contribution in [3.05, 3.63) is 35.6 Å². The van der Waals surface area contributed by atoms with Crippen LogP contribution in [0.2, 0.25) is 0 Å². The largest absolute Gasteiger partial charge is 0.316 e. The number of piperidine rings is 2. The summed E-state index contributed by atoms with van der Waals surface area (Å²) >= 11 is 0. The van der Waals surface area contributed by atoms with Gasteiger partial charge < -0.3 is 5.32 Å². The average molecular weight is 228 g/mol. The number of fused-ring (bicyclic) bond motifs is 2. The van der Waals surface area contributed by atoms with Gasteiger partial charge in [-0.15, -0.1) is 12.4 Å². The normalized spacial score (nSPS) is 32.7. The molecular formula is C12H15ClFN. The summed E-state index contributed by atoms with van der Waals surface area (Å²) in [7, 11) is 0. The van der Waals surface area contributed by atoms with Crippen LogP contribution in [0.1, 0.15) is 18.4 Å². The van der Waals surface area contributed by atoms with Gasteiger partial charge in [0.2, 0.25) is 0 Å². The summed E-state index contributed by atoms with van der Waals surface area (Å²) in [4.78, 5) is 0. The summed E-state index contributed by atoms with van der Waals surface area (Å²) in [6.45, 7) is 2.07. The fraction of sp³-hybridized carbons (Fsp3) is 0.500. The van der Waals surface area contributed by atoms with Crippen LogP contribution in [0.5, 0.6) is 0 Å². The number of rotatable bonds is 1. The molecule has 0 unspecified atom stereocenters. The van der Waals surface area contributed by atoms with E-state index < -0.39 is 0 Å². The highest BCUT2D eigenvalue weighted by Crippen LogP contribution is 2.50. The maximum atomic E-state index is 13.6. The Morgan fingerprint density at radius 1 is 1.27 bits per heavy atom. The molecule has 2 saturated heterocycles. The first-order valence-electron chi connectivity index (χ1n) is 5.26. The summed E-state index contributed by atoms with van der Waals surface area (Å²) < 4.78 is 13.6. The minimum absolute atomic E-state index is 0. The standard InChI is InChI=1S/C12H14FN.ClH/c13-11-4-2-1-3-10(11)12-5-9(6-12)7-14-8-12;/h1-4,9,14H,5-8H2;1H. The Bertz CT molecular complexity index is 355. The third kappa shape index (κ3) is 1.56. The van der Waals surface area contributed by atoms with Crippen molar-refractivity contribution in [3.63, 3.8) is 0 Å². The number of benzene rings is 1. The van der Waals surface area contributed by atoms with Gasteiger partial charge in [0.25, 0.3) is 0 Å². The topological polar surface area (TPSA) is 12.0 Å². The van der Waals surface area contributed by atoms with E-state index >= 15 is 0 Å². The molecule has 1 nitrogen and oxygen atoms in total. The van der Waals surface area contributed by atoms with Crippen LogP contribution >= 0.6 is 12.4 Å². The minimum Gasteiger partial charge on any atom is -0.316 e. The highest BCUT2D eigenvalue weighted by Gasteiger charge is 2.49. The molecule has 1 aliphatic carbocycles. The maximum absolute atomic E-state index is 13.6. The van der Waals surface area contributed by atoms with E-state index in [2.05, 4.69) is 5.32 Å². The van der Waals surface area contributed by atoms with Gasteiger partial charge in [-0.25, -0.2) is 4.39 Å². The fourth-order valence-corrected chi connectivity index (χ4v) is 3.06. The molecule has 15 heavy (non-hydrogen) atoms. The van der Waals surface area contributed by atoms with Crippen molar-refractivity contribution in [2.24, 2.45) is 5.92 Å². The first kappa shape index (κ1) is 10.9. The first-order valence-corrected chi connectivity index (χ1v) is 5.26. The van der Waals surface area contributed by atoms with Gasteiger partial charge in [0.05, 0.1) is 0 Å². The quantitative estimate of drug-likeness (QED) is 0.778. The van der Waals surface area contributed by atoms with Crippen LogP contribution in [0, 0.1) is 11.7 Å². The van der Waals surface area contributed by atoms with E-state index in [1.807, 2.05) is 12.1 Å². The van der Waals surface area contributed by atoms with E-state index in [0.29, 0.717) is 0 Å². The molecule has 3 aliphatic rings. The summed E-state index contributed by atoms with van der Waals surface area (Å²) in [5.41, 5.74) is 1.04. The van der Waals surface area contributed by atoms with Gasteiger partial charge in [0, 0.05) is 12.0 Å². The molecule has 0 spiro atoms. The molecule has 0 amide bonds. The van der Waals surface area contributed by atoms with Crippen LogP contribution in [0.15, 0.2) is 24.3 Å². The zero-order valence-corrected chi connectivity index (χ0v) is 9.32. The molecule has 3 fully saturated rings. The molecule has 82 valence electrons. The lowest BCUT2D eigenvalue weighted by Crippen LogP contribution is -2.57. The van der Waals surface area contributed by atoms with Crippen molar-refractivity contribution >= 4 is 12.4 Å². The smallest absolute Gasteiger partial charge is 0.127 e. The second-order valence-corrected chi connectivity index (χ2v) is 4.67. The Morgan fingerprint density at radius 2 is 2.00 bits per heavy atom. The summed E-state index contributed by atoms with van der Waals surface area (Å²) in [5, 5.41) is 3.38. The van der Waals surface area contributed by atoms with E-state index in [0.717, 1.165) is 24.6 Å². The van der Waals surface area contributed by atoms with E-state index in [9.17, 15) is 4.39 Å². The SMILES string of the molecule is Cl.Fc1ccccc1C12CNCC(C1)C2. The molecule has 2 bridgehead atoms. The molecular weight excluding hydrogens is 213 g/mol. The summed E-state index contributed by atoms with van der Waals surface area (Å²) in [6, 6.07) is 7.22. The zero-order valence-electron chi connectivity index (χ0n) is 8.50. The molecule has 0 atom stereocenters. The highest BCUT2D eigenvalue weighted by atomic mass is 35.5. The molecule has 3 heteroatoms. The van der Waals surface area contributed by atoms with E-state index in [1.165, 1.54) is 12.8 Å². The molecule has 2 heterocycles. The Labute approximate surface area is 95.5 Å². The van der Waals surface area contributed by atoms with Crippen molar-refractivity contribution in [2.45, 2.75) is 18.3 Å². The van der Waals surface area contributed by atoms with E-state index in [-0.39, 0.29) is 23.6 Å². The van der Waals surface area contributed by atoms with Gasteiger partial charge in [-0.2, -0.15) is 0 Å². The molecule has 0 aromatic heterocycles. The van der Waals surface area contributed by atoms with Crippen LogP contribution in [0.3, 0.4) is 0 Å². The Balaban J connectivity index is 0.000000853.